The van der Waals surface area contributed by atoms with E-state index in [0.29, 0.717) is 17.8 Å². The van der Waals surface area contributed by atoms with E-state index in [9.17, 15) is 4.39 Å². The van der Waals surface area contributed by atoms with E-state index in [1.807, 2.05) is 0 Å². The van der Waals surface area contributed by atoms with Gasteiger partial charge in [0.1, 0.15) is 0 Å². The van der Waals surface area contributed by atoms with Gasteiger partial charge in [-0.05, 0) is 43.2 Å². The molecule has 3 rings (SSSR count). The Bertz CT molecular complexity index is 426. The summed E-state index contributed by atoms with van der Waals surface area (Å²) in [7, 11) is 0. The minimum Gasteiger partial charge on any atom is -0.351 e. The molecular weight excluding hydrogens is 241 g/mol. The molecule has 2 heterocycles. The molecule has 0 N–H and O–H groups in total. The van der Waals surface area contributed by atoms with Crippen molar-refractivity contribution in [2.45, 2.75) is 38.1 Å². The lowest BCUT2D eigenvalue weighted by Crippen LogP contribution is -2.43. The van der Waals surface area contributed by atoms with Gasteiger partial charge in [-0.1, -0.05) is 6.42 Å². The van der Waals surface area contributed by atoms with E-state index in [1.165, 1.54) is 25.5 Å². The van der Waals surface area contributed by atoms with Crippen molar-refractivity contribution in [3.63, 3.8) is 0 Å². The predicted molar refractivity (Wildman–Crippen MR) is 64.7 cm³/mol. The highest BCUT2D eigenvalue weighted by molar-refractivity contribution is 6.28. The first kappa shape index (κ1) is 11.2. The summed E-state index contributed by atoms with van der Waals surface area (Å²) in [5.41, 5.74) is 0. The van der Waals surface area contributed by atoms with Crippen molar-refractivity contribution in [2.75, 3.05) is 11.4 Å². The van der Waals surface area contributed by atoms with Crippen LogP contribution in [0.4, 0.5) is 10.2 Å². The first-order valence-corrected chi connectivity index (χ1v) is 6.58. The summed E-state index contributed by atoms with van der Waals surface area (Å²) in [4.78, 5) is 9.84. The van der Waals surface area contributed by atoms with Gasteiger partial charge in [0.25, 0.3) is 0 Å². The van der Waals surface area contributed by atoms with Crippen molar-refractivity contribution in [3.8, 4) is 0 Å². The molecule has 1 saturated carbocycles. The summed E-state index contributed by atoms with van der Waals surface area (Å²) in [6.07, 6.45) is 7.20. The van der Waals surface area contributed by atoms with Gasteiger partial charge in [0, 0.05) is 12.6 Å². The van der Waals surface area contributed by atoms with E-state index >= 15 is 0 Å². The number of piperidine rings is 1. The van der Waals surface area contributed by atoms with Crippen LogP contribution in [0, 0.1) is 11.7 Å². The Kier molecular flexibility index (Phi) is 2.90. The fraction of sp³-hybridized carbons (Fsp3) is 0.667. The van der Waals surface area contributed by atoms with Crippen molar-refractivity contribution in [1.82, 2.24) is 9.97 Å². The molecule has 0 spiro atoms. The van der Waals surface area contributed by atoms with Gasteiger partial charge in [0.15, 0.2) is 11.6 Å². The maximum absolute atomic E-state index is 13.8. The van der Waals surface area contributed by atoms with Gasteiger partial charge in [-0.2, -0.15) is 4.98 Å². The molecule has 0 bridgehead atoms. The molecule has 92 valence electrons. The summed E-state index contributed by atoms with van der Waals surface area (Å²) in [5.74, 6) is 0.737. The molecule has 0 radical (unpaired) electrons. The zero-order valence-electron chi connectivity index (χ0n) is 9.57. The second-order valence-electron chi connectivity index (χ2n) is 4.90. The van der Waals surface area contributed by atoms with Gasteiger partial charge in [-0.25, -0.2) is 9.37 Å². The zero-order valence-corrected chi connectivity index (χ0v) is 10.3. The van der Waals surface area contributed by atoms with Crippen LogP contribution in [-0.4, -0.2) is 22.6 Å². The van der Waals surface area contributed by atoms with E-state index < -0.39 is 0 Å². The van der Waals surface area contributed by atoms with Crippen LogP contribution < -0.4 is 4.90 Å². The van der Waals surface area contributed by atoms with Crippen molar-refractivity contribution < 1.29 is 4.39 Å². The Morgan fingerprint density at radius 1 is 1.29 bits per heavy atom. The number of hydrogen-bond donors (Lipinski definition) is 0. The molecule has 17 heavy (non-hydrogen) atoms. The van der Waals surface area contributed by atoms with E-state index in [2.05, 4.69) is 14.9 Å². The molecule has 5 heteroatoms. The van der Waals surface area contributed by atoms with Crippen LogP contribution in [0.25, 0.3) is 0 Å². The topological polar surface area (TPSA) is 29.0 Å². The van der Waals surface area contributed by atoms with E-state index in [1.54, 1.807) is 0 Å². The Morgan fingerprint density at radius 3 is 3.00 bits per heavy atom. The molecule has 0 amide bonds. The molecular formula is C12H15ClFN3. The Hall–Kier alpha value is -0.900. The maximum Gasteiger partial charge on any atom is 0.224 e. The lowest BCUT2D eigenvalue weighted by molar-refractivity contribution is 0.357. The van der Waals surface area contributed by atoms with Crippen molar-refractivity contribution in [2.24, 2.45) is 5.92 Å². The number of rotatable bonds is 1. The Morgan fingerprint density at radius 2 is 2.12 bits per heavy atom. The Labute approximate surface area is 105 Å². The maximum atomic E-state index is 13.8. The molecule has 2 atom stereocenters. The lowest BCUT2D eigenvalue weighted by atomic mass is 9.92. The third-order valence-electron chi connectivity index (χ3n) is 3.96. The van der Waals surface area contributed by atoms with Crippen LogP contribution >= 0.6 is 11.6 Å². The molecule has 2 unspecified atom stereocenters. The zero-order chi connectivity index (χ0) is 11.8. The molecule has 2 fully saturated rings. The van der Waals surface area contributed by atoms with Gasteiger partial charge in [0.2, 0.25) is 5.28 Å². The summed E-state index contributed by atoms with van der Waals surface area (Å²) in [6, 6.07) is 0.448. The molecule has 0 aromatic carbocycles. The third kappa shape index (κ3) is 1.99. The van der Waals surface area contributed by atoms with E-state index in [-0.39, 0.29) is 11.1 Å². The van der Waals surface area contributed by atoms with E-state index in [0.717, 1.165) is 19.4 Å². The van der Waals surface area contributed by atoms with Gasteiger partial charge < -0.3 is 4.90 Å². The molecule has 3 nitrogen and oxygen atoms in total. The molecule has 1 saturated heterocycles. The largest absolute Gasteiger partial charge is 0.351 e. The smallest absolute Gasteiger partial charge is 0.224 e. The number of halogens is 2. The monoisotopic (exact) mass is 255 g/mol. The first-order chi connectivity index (χ1) is 8.25. The number of nitrogens with zero attached hydrogens (tertiary/aromatic N) is 3. The summed E-state index contributed by atoms with van der Waals surface area (Å²) in [5, 5.41) is 0.126. The van der Waals surface area contributed by atoms with Gasteiger partial charge in [-0.15, -0.1) is 0 Å². The number of aromatic nitrogens is 2. The minimum atomic E-state index is -0.359. The highest BCUT2D eigenvalue weighted by Gasteiger charge is 2.36. The van der Waals surface area contributed by atoms with Crippen LogP contribution in [0.2, 0.25) is 5.28 Å². The first-order valence-electron chi connectivity index (χ1n) is 6.20. The van der Waals surface area contributed by atoms with Crippen molar-refractivity contribution in [1.29, 1.82) is 0 Å². The molecule has 1 aromatic rings. The van der Waals surface area contributed by atoms with Crippen LogP contribution in [0.3, 0.4) is 0 Å². The highest BCUT2D eigenvalue weighted by atomic mass is 35.5. The average molecular weight is 256 g/mol. The van der Waals surface area contributed by atoms with Gasteiger partial charge in [-0.3, -0.25) is 0 Å². The average Bonchev–Trinajstić information content (AvgIpc) is 2.80. The number of fused-ring (bicyclic) bond motifs is 1. The predicted octanol–water partition coefficient (Wildman–Crippen LogP) is 3.04. The van der Waals surface area contributed by atoms with Crippen LogP contribution in [0.5, 0.6) is 0 Å². The molecule has 1 aromatic heterocycles. The van der Waals surface area contributed by atoms with Crippen molar-refractivity contribution in [3.05, 3.63) is 17.3 Å². The van der Waals surface area contributed by atoms with Crippen molar-refractivity contribution >= 4 is 17.4 Å². The molecule has 2 aliphatic rings. The van der Waals surface area contributed by atoms with Gasteiger partial charge in [0.05, 0.1) is 6.20 Å². The highest BCUT2D eigenvalue weighted by Crippen LogP contribution is 2.39. The summed E-state index contributed by atoms with van der Waals surface area (Å²) < 4.78 is 13.8. The second-order valence-corrected chi connectivity index (χ2v) is 5.24. The summed E-state index contributed by atoms with van der Waals surface area (Å²) in [6.45, 7) is 0.880. The fourth-order valence-corrected chi connectivity index (χ4v) is 3.38. The standard InChI is InChI=1S/C12H15ClFN3/c13-12-15-7-9(14)11(16-12)17-6-2-4-8-3-1-5-10(8)17/h7-8,10H,1-6H2. The molecule has 1 aliphatic carbocycles. The van der Waals surface area contributed by atoms with Gasteiger partial charge >= 0.3 is 0 Å². The Balaban J connectivity index is 1.94. The number of hydrogen-bond acceptors (Lipinski definition) is 3. The van der Waals surface area contributed by atoms with Crippen LogP contribution in [0.15, 0.2) is 6.20 Å². The van der Waals surface area contributed by atoms with Crippen LogP contribution in [0.1, 0.15) is 32.1 Å². The minimum absolute atomic E-state index is 0.126. The quantitative estimate of drug-likeness (QED) is 0.723. The summed E-state index contributed by atoms with van der Waals surface area (Å²) >= 11 is 5.76. The van der Waals surface area contributed by atoms with Crippen LogP contribution in [-0.2, 0) is 0 Å². The third-order valence-corrected chi connectivity index (χ3v) is 4.14. The number of anilines is 1. The SMILES string of the molecule is Fc1cnc(Cl)nc1N1CCCC2CCCC21. The normalized spacial score (nSPS) is 28.2. The fourth-order valence-electron chi connectivity index (χ4n) is 3.26. The lowest BCUT2D eigenvalue weighted by Gasteiger charge is -2.38. The molecule has 1 aliphatic heterocycles. The second kappa shape index (κ2) is 4.41. The van der Waals surface area contributed by atoms with E-state index in [4.69, 9.17) is 11.6 Å².